The van der Waals surface area contributed by atoms with Crippen LogP contribution in [0.4, 0.5) is 0 Å². The van der Waals surface area contributed by atoms with E-state index in [-0.39, 0.29) is 25.7 Å². The Labute approximate surface area is 575 Å². The molecule has 0 spiro atoms. The van der Waals surface area contributed by atoms with Crippen molar-refractivity contribution in [1.82, 2.24) is 0 Å². The van der Waals surface area contributed by atoms with Crippen LogP contribution >= 0.6 is 15.6 Å². The van der Waals surface area contributed by atoms with Crippen LogP contribution in [-0.4, -0.2) is 96.7 Å². The summed E-state index contributed by atoms with van der Waals surface area (Å²) in [6.45, 7) is 9.60. The first-order valence-corrected chi connectivity index (χ1v) is 42.0. The van der Waals surface area contributed by atoms with Gasteiger partial charge in [-0.05, 0) is 37.5 Å². The fourth-order valence-corrected chi connectivity index (χ4v) is 13.1. The van der Waals surface area contributed by atoms with E-state index >= 15 is 0 Å². The molecule has 0 aliphatic heterocycles. The van der Waals surface area contributed by atoms with Gasteiger partial charge < -0.3 is 33.8 Å². The van der Waals surface area contributed by atoms with Crippen LogP contribution in [0.5, 0.6) is 0 Å². The Balaban J connectivity index is 5.26. The molecule has 0 saturated heterocycles. The molecule has 0 aromatic carbocycles. The monoisotopic (exact) mass is 1380 g/mol. The van der Waals surface area contributed by atoms with E-state index in [1.54, 1.807) is 0 Å². The van der Waals surface area contributed by atoms with Crippen molar-refractivity contribution in [2.24, 2.45) is 11.8 Å². The summed E-state index contributed by atoms with van der Waals surface area (Å²) >= 11 is 0. The Morgan fingerprint density at radius 3 is 0.723 bits per heavy atom. The van der Waals surface area contributed by atoms with Crippen LogP contribution in [0.25, 0.3) is 0 Å². The molecule has 0 aliphatic rings. The standard InChI is InChI=1S/C75H146O17P2/c1-7-9-11-13-15-17-19-20-21-22-28-35-41-47-53-59-74(79)91-71(64-86-73(78)58-52-46-40-34-29-23-26-31-37-43-49-55-67(3)4)66-90-94(83,84)88-62-69(76)61-87-93(81,82)89-65-70(63-85-72(77)57-51-45-39-33-25-18-16-14-12-10-8-2)92-75(80)60-54-48-42-36-30-24-27-32-38-44-50-56-68(5)6/h67-71,76H,7-66H2,1-6H3,(H,81,82)(H,83,84)/t69-,70+,71+/m0/s1. The quantitative estimate of drug-likeness (QED) is 0.0222. The third-order valence-electron chi connectivity index (χ3n) is 17.5. The molecule has 558 valence electrons. The van der Waals surface area contributed by atoms with Crippen LogP contribution in [-0.2, 0) is 65.4 Å². The highest BCUT2D eigenvalue weighted by atomic mass is 31.2. The van der Waals surface area contributed by atoms with E-state index in [2.05, 4.69) is 41.5 Å². The Hall–Kier alpha value is -1.94. The molecule has 94 heavy (non-hydrogen) atoms. The van der Waals surface area contributed by atoms with Gasteiger partial charge in [0.25, 0.3) is 0 Å². The highest BCUT2D eigenvalue weighted by Crippen LogP contribution is 2.45. The maximum Gasteiger partial charge on any atom is 0.472 e. The van der Waals surface area contributed by atoms with Gasteiger partial charge in [-0.2, -0.15) is 0 Å². The van der Waals surface area contributed by atoms with Gasteiger partial charge in [-0.1, -0.05) is 337 Å². The molecular formula is C75H146O17P2. The maximum absolute atomic E-state index is 13.1. The molecule has 2 unspecified atom stereocenters. The van der Waals surface area contributed by atoms with Gasteiger partial charge in [0.1, 0.15) is 19.3 Å². The summed E-state index contributed by atoms with van der Waals surface area (Å²) in [5.74, 6) is -0.578. The van der Waals surface area contributed by atoms with E-state index in [1.165, 1.54) is 205 Å². The van der Waals surface area contributed by atoms with Gasteiger partial charge in [0.05, 0.1) is 26.4 Å². The SMILES string of the molecule is CCCCCCCCCCCCCCCCCC(=O)O[C@H](COC(=O)CCCCCCCCCCCCCC(C)C)COP(=O)(O)OC[C@@H](O)COP(=O)(O)OC[C@@H](COC(=O)CCCCCCCCCCCCC)OC(=O)CCCCCCCCCCCCCC(C)C. The van der Waals surface area contributed by atoms with Crippen molar-refractivity contribution in [2.75, 3.05) is 39.6 Å². The maximum atomic E-state index is 13.1. The minimum Gasteiger partial charge on any atom is -0.462 e. The van der Waals surface area contributed by atoms with Crippen LogP contribution in [0.15, 0.2) is 0 Å². The zero-order valence-corrected chi connectivity index (χ0v) is 63.1. The molecule has 19 heteroatoms. The molecule has 0 saturated carbocycles. The first kappa shape index (κ1) is 92.1. The predicted octanol–water partition coefficient (Wildman–Crippen LogP) is 21.9. The number of esters is 4. The van der Waals surface area contributed by atoms with Crippen LogP contribution in [0.2, 0.25) is 0 Å². The molecule has 0 bridgehead atoms. The van der Waals surface area contributed by atoms with Crippen LogP contribution in [0.1, 0.15) is 388 Å². The highest BCUT2D eigenvalue weighted by Gasteiger charge is 2.30. The van der Waals surface area contributed by atoms with Gasteiger partial charge >= 0.3 is 39.5 Å². The molecule has 0 aromatic heterocycles. The summed E-state index contributed by atoms with van der Waals surface area (Å²) in [7, 11) is -9.91. The zero-order chi connectivity index (χ0) is 69.3. The molecular weight excluding hydrogens is 1230 g/mol. The number of phosphoric ester groups is 2. The summed E-state index contributed by atoms with van der Waals surface area (Å²) in [6.07, 6.45) is 53.9. The van der Waals surface area contributed by atoms with Crippen molar-refractivity contribution in [1.29, 1.82) is 0 Å². The number of rotatable bonds is 74. The van der Waals surface area contributed by atoms with Crippen molar-refractivity contribution < 1.29 is 80.2 Å². The average molecular weight is 1380 g/mol. The summed E-state index contributed by atoms with van der Waals surface area (Å²) in [5.41, 5.74) is 0. The number of hydrogen-bond acceptors (Lipinski definition) is 15. The molecule has 5 atom stereocenters. The lowest BCUT2D eigenvalue weighted by Crippen LogP contribution is -2.30. The number of aliphatic hydroxyl groups is 1. The third kappa shape index (κ3) is 68.6. The minimum absolute atomic E-state index is 0.107. The van der Waals surface area contributed by atoms with Gasteiger partial charge in [0.15, 0.2) is 12.2 Å². The second kappa shape index (κ2) is 66.9. The van der Waals surface area contributed by atoms with E-state index < -0.39 is 97.5 Å². The Kier molecular flexibility index (Phi) is 65.5. The average Bonchev–Trinajstić information content (AvgIpc) is 1.97. The summed E-state index contributed by atoms with van der Waals surface area (Å²) in [4.78, 5) is 72.8. The van der Waals surface area contributed by atoms with Crippen molar-refractivity contribution in [2.45, 2.75) is 407 Å². The molecule has 17 nitrogen and oxygen atoms in total. The van der Waals surface area contributed by atoms with E-state index in [0.29, 0.717) is 25.7 Å². The van der Waals surface area contributed by atoms with E-state index in [1.807, 2.05) is 0 Å². The predicted molar refractivity (Wildman–Crippen MR) is 381 cm³/mol. The first-order valence-electron chi connectivity index (χ1n) is 39.0. The molecule has 0 aliphatic carbocycles. The number of carbonyl (C=O) groups is 4. The normalized spacial score (nSPS) is 14.0. The Bertz CT molecular complexity index is 1820. The smallest absolute Gasteiger partial charge is 0.462 e. The number of hydrogen-bond donors (Lipinski definition) is 3. The largest absolute Gasteiger partial charge is 0.472 e. The second-order valence-corrected chi connectivity index (χ2v) is 30.9. The van der Waals surface area contributed by atoms with Crippen LogP contribution in [0, 0.1) is 11.8 Å². The number of carbonyl (C=O) groups excluding carboxylic acids is 4. The minimum atomic E-state index is -4.96. The summed E-state index contributed by atoms with van der Waals surface area (Å²) in [6, 6.07) is 0. The lowest BCUT2D eigenvalue weighted by atomic mass is 10.0. The zero-order valence-electron chi connectivity index (χ0n) is 61.3. The second-order valence-electron chi connectivity index (χ2n) is 28.0. The van der Waals surface area contributed by atoms with Gasteiger partial charge in [-0.15, -0.1) is 0 Å². The van der Waals surface area contributed by atoms with Gasteiger partial charge in [0.2, 0.25) is 0 Å². The highest BCUT2D eigenvalue weighted by molar-refractivity contribution is 7.47. The molecule has 0 heterocycles. The molecule has 0 radical (unpaired) electrons. The lowest BCUT2D eigenvalue weighted by molar-refractivity contribution is -0.161. The third-order valence-corrected chi connectivity index (χ3v) is 19.4. The summed E-state index contributed by atoms with van der Waals surface area (Å²) < 4.78 is 68.5. The molecule has 3 N–H and O–H groups in total. The van der Waals surface area contributed by atoms with Crippen molar-refractivity contribution in [3.05, 3.63) is 0 Å². The van der Waals surface area contributed by atoms with Crippen molar-refractivity contribution >= 4 is 39.5 Å². The molecule has 0 amide bonds. The van der Waals surface area contributed by atoms with Gasteiger partial charge in [-0.25, -0.2) is 9.13 Å². The summed E-state index contributed by atoms with van der Waals surface area (Å²) in [5, 5.41) is 10.6. The fourth-order valence-electron chi connectivity index (χ4n) is 11.5. The number of unbranched alkanes of at least 4 members (excludes halogenated alkanes) is 44. The first-order chi connectivity index (χ1) is 45.4. The Morgan fingerprint density at radius 1 is 0.287 bits per heavy atom. The van der Waals surface area contributed by atoms with E-state index in [4.69, 9.17) is 37.0 Å². The molecule has 0 aromatic rings. The topological polar surface area (TPSA) is 237 Å². The van der Waals surface area contributed by atoms with Crippen molar-refractivity contribution in [3.63, 3.8) is 0 Å². The van der Waals surface area contributed by atoms with E-state index in [0.717, 1.165) is 102 Å². The fraction of sp³-hybridized carbons (Fsp3) is 0.947. The molecule has 0 rings (SSSR count). The molecule has 0 fully saturated rings. The van der Waals surface area contributed by atoms with Crippen LogP contribution in [0.3, 0.4) is 0 Å². The van der Waals surface area contributed by atoms with E-state index in [9.17, 15) is 43.2 Å². The number of ether oxygens (including phenoxy) is 4. The van der Waals surface area contributed by atoms with Crippen molar-refractivity contribution in [3.8, 4) is 0 Å². The Morgan fingerprint density at radius 2 is 0.489 bits per heavy atom. The van der Waals surface area contributed by atoms with Crippen LogP contribution < -0.4 is 0 Å². The number of aliphatic hydroxyl groups excluding tert-OH is 1. The number of phosphoric acid groups is 2. The van der Waals surface area contributed by atoms with Gasteiger partial charge in [0, 0.05) is 25.7 Å². The van der Waals surface area contributed by atoms with Gasteiger partial charge in [-0.3, -0.25) is 37.3 Å². The lowest BCUT2D eigenvalue weighted by Gasteiger charge is -2.21.